The first-order valence-electron chi connectivity index (χ1n) is 7.12. The van der Waals surface area contributed by atoms with Crippen LogP contribution in [0.4, 0.5) is 23.7 Å². The number of anilines is 1. The molecule has 0 aromatic heterocycles. The molecule has 1 unspecified atom stereocenters. The summed E-state index contributed by atoms with van der Waals surface area (Å²) in [4.78, 5) is 13.4. The molecular formula is C15H19F3N2O2. The van der Waals surface area contributed by atoms with E-state index in [4.69, 9.17) is 4.74 Å². The minimum absolute atomic E-state index is 0.0391. The van der Waals surface area contributed by atoms with Gasteiger partial charge in [-0.25, -0.2) is 18.0 Å². The van der Waals surface area contributed by atoms with Crippen molar-refractivity contribution in [3.63, 3.8) is 0 Å². The summed E-state index contributed by atoms with van der Waals surface area (Å²) in [5.41, 5.74) is -0.827. The van der Waals surface area contributed by atoms with E-state index in [9.17, 15) is 18.0 Å². The van der Waals surface area contributed by atoms with Gasteiger partial charge >= 0.3 is 6.03 Å². The first-order chi connectivity index (χ1) is 10.4. The quantitative estimate of drug-likeness (QED) is 0.930. The van der Waals surface area contributed by atoms with Gasteiger partial charge < -0.3 is 15.0 Å². The van der Waals surface area contributed by atoms with Crippen molar-refractivity contribution < 1.29 is 22.7 Å². The van der Waals surface area contributed by atoms with Crippen LogP contribution in [0.15, 0.2) is 18.2 Å². The van der Waals surface area contributed by atoms with E-state index in [1.54, 1.807) is 12.1 Å². The molecule has 1 atom stereocenters. The van der Waals surface area contributed by atoms with Gasteiger partial charge in [-0.15, -0.1) is 0 Å². The SMILES string of the molecule is CCc1ccc(NC(=O)N2CCOC(C)(C(F)F)C2)cc1F. The molecule has 1 aromatic rings. The summed E-state index contributed by atoms with van der Waals surface area (Å²) in [6.07, 6.45) is -2.14. The van der Waals surface area contributed by atoms with Crippen LogP contribution in [-0.4, -0.2) is 42.7 Å². The molecule has 1 aliphatic heterocycles. The second-order valence-corrected chi connectivity index (χ2v) is 5.47. The average molecular weight is 316 g/mol. The third kappa shape index (κ3) is 3.52. The number of carbonyl (C=O) groups is 1. The average Bonchev–Trinajstić information content (AvgIpc) is 2.47. The molecule has 1 aliphatic rings. The van der Waals surface area contributed by atoms with Crippen molar-refractivity contribution in [3.05, 3.63) is 29.6 Å². The molecule has 22 heavy (non-hydrogen) atoms. The Morgan fingerprint density at radius 3 is 2.82 bits per heavy atom. The number of ether oxygens (including phenoxy) is 1. The van der Waals surface area contributed by atoms with Crippen molar-refractivity contribution in [3.8, 4) is 0 Å². The molecule has 1 heterocycles. The molecule has 0 spiro atoms. The van der Waals surface area contributed by atoms with Gasteiger partial charge in [0.05, 0.1) is 13.2 Å². The molecule has 1 aromatic carbocycles. The number of aryl methyl sites for hydroxylation is 1. The highest BCUT2D eigenvalue weighted by molar-refractivity contribution is 5.89. The Balaban J connectivity index is 2.04. The topological polar surface area (TPSA) is 41.6 Å². The predicted octanol–water partition coefficient (Wildman–Crippen LogP) is 3.28. The number of urea groups is 1. The van der Waals surface area contributed by atoms with E-state index in [0.717, 1.165) is 0 Å². The van der Waals surface area contributed by atoms with E-state index in [0.29, 0.717) is 17.7 Å². The lowest BCUT2D eigenvalue weighted by molar-refractivity contribution is -0.161. The summed E-state index contributed by atoms with van der Waals surface area (Å²) in [6, 6.07) is 3.86. The van der Waals surface area contributed by atoms with E-state index in [1.165, 1.54) is 17.9 Å². The lowest BCUT2D eigenvalue weighted by Crippen LogP contribution is -2.56. The zero-order valence-electron chi connectivity index (χ0n) is 12.5. The number of amides is 2. The molecule has 4 nitrogen and oxygen atoms in total. The van der Waals surface area contributed by atoms with Crippen molar-refractivity contribution in [2.24, 2.45) is 0 Å². The number of carbonyl (C=O) groups excluding carboxylic acids is 1. The number of nitrogens with one attached hydrogen (secondary N) is 1. The number of hydrogen-bond acceptors (Lipinski definition) is 2. The number of nitrogens with zero attached hydrogens (tertiary/aromatic N) is 1. The second-order valence-electron chi connectivity index (χ2n) is 5.47. The predicted molar refractivity (Wildman–Crippen MR) is 76.7 cm³/mol. The molecule has 1 saturated heterocycles. The number of benzene rings is 1. The fraction of sp³-hybridized carbons (Fsp3) is 0.533. The maximum Gasteiger partial charge on any atom is 0.322 e. The van der Waals surface area contributed by atoms with E-state index >= 15 is 0 Å². The molecular weight excluding hydrogens is 297 g/mol. The highest BCUT2D eigenvalue weighted by Crippen LogP contribution is 2.25. The van der Waals surface area contributed by atoms with Gasteiger partial charge in [0.2, 0.25) is 0 Å². The van der Waals surface area contributed by atoms with E-state index < -0.39 is 23.9 Å². The third-order valence-corrected chi connectivity index (χ3v) is 3.73. The maximum absolute atomic E-state index is 13.7. The molecule has 1 fully saturated rings. The maximum atomic E-state index is 13.7. The van der Waals surface area contributed by atoms with Crippen LogP contribution in [0.1, 0.15) is 19.4 Å². The van der Waals surface area contributed by atoms with Crippen LogP contribution in [0.5, 0.6) is 0 Å². The fourth-order valence-corrected chi connectivity index (χ4v) is 2.31. The van der Waals surface area contributed by atoms with Crippen LogP contribution in [0.3, 0.4) is 0 Å². The van der Waals surface area contributed by atoms with Gasteiger partial charge in [-0.1, -0.05) is 13.0 Å². The van der Waals surface area contributed by atoms with Crippen LogP contribution in [0, 0.1) is 5.82 Å². The van der Waals surface area contributed by atoms with Crippen molar-refractivity contribution in [1.82, 2.24) is 4.90 Å². The number of alkyl halides is 2. The molecule has 2 amide bonds. The highest BCUT2D eigenvalue weighted by Gasteiger charge is 2.42. The molecule has 0 radical (unpaired) electrons. The normalized spacial score (nSPS) is 22.0. The Kier molecular flexibility index (Phi) is 4.95. The molecule has 0 saturated carbocycles. The largest absolute Gasteiger partial charge is 0.366 e. The molecule has 7 heteroatoms. The molecule has 122 valence electrons. The summed E-state index contributed by atoms with van der Waals surface area (Å²) < 4.78 is 44.7. The first-order valence-corrected chi connectivity index (χ1v) is 7.12. The van der Waals surface area contributed by atoms with Crippen molar-refractivity contribution in [2.75, 3.05) is 25.0 Å². The molecule has 0 aliphatic carbocycles. The minimum atomic E-state index is -2.69. The highest BCUT2D eigenvalue weighted by atomic mass is 19.3. The van der Waals surface area contributed by atoms with Crippen molar-refractivity contribution >= 4 is 11.7 Å². The van der Waals surface area contributed by atoms with Gasteiger partial charge in [0.25, 0.3) is 6.43 Å². The van der Waals surface area contributed by atoms with Gasteiger partial charge in [0.1, 0.15) is 11.4 Å². The van der Waals surface area contributed by atoms with E-state index in [-0.39, 0.29) is 19.7 Å². The lowest BCUT2D eigenvalue weighted by atomic mass is 10.1. The van der Waals surface area contributed by atoms with E-state index in [1.807, 2.05) is 6.92 Å². The van der Waals surface area contributed by atoms with Crippen LogP contribution in [-0.2, 0) is 11.2 Å². The Bertz CT molecular complexity index is 554. The number of halogens is 3. The third-order valence-electron chi connectivity index (χ3n) is 3.73. The summed E-state index contributed by atoms with van der Waals surface area (Å²) in [5.74, 6) is -0.403. The van der Waals surface area contributed by atoms with Gasteiger partial charge in [-0.05, 0) is 31.0 Å². The molecule has 1 N–H and O–H groups in total. The standard InChI is InChI=1S/C15H19F3N2O2/c1-3-10-4-5-11(8-12(10)16)19-14(21)20-6-7-22-15(2,9-20)13(17)18/h4-5,8,13H,3,6-7,9H2,1-2H3,(H,19,21). The first kappa shape index (κ1) is 16.6. The molecule has 0 bridgehead atoms. The van der Waals surface area contributed by atoms with Crippen molar-refractivity contribution in [2.45, 2.75) is 32.3 Å². The number of morpholine rings is 1. The van der Waals surface area contributed by atoms with E-state index in [2.05, 4.69) is 5.32 Å². The van der Waals surface area contributed by atoms with Crippen molar-refractivity contribution in [1.29, 1.82) is 0 Å². The smallest absolute Gasteiger partial charge is 0.322 e. The summed E-state index contributed by atoms with van der Waals surface area (Å²) in [6.45, 7) is 3.13. The fourth-order valence-electron chi connectivity index (χ4n) is 2.31. The van der Waals surface area contributed by atoms with Gasteiger partial charge in [-0.3, -0.25) is 0 Å². The Morgan fingerprint density at radius 1 is 1.50 bits per heavy atom. The zero-order valence-corrected chi connectivity index (χ0v) is 12.5. The monoisotopic (exact) mass is 316 g/mol. The lowest BCUT2D eigenvalue weighted by Gasteiger charge is -2.39. The van der Waals surface area contributed by atoms with Gasteiger partial charge in [0.15, 0.2) is 0 Å². The Morgan fingerprint density at radius 2 is 2.23 bits per heavy atom. The molecule has 2 rings (SSSR count). The van der Waals surface area contributed by atoms with Crippen LogP contribution in [0.2, 0.25) is 0 Å². The Hall–Kier alpha value is -1.76. The van der Waals surface area contributed by atoms with Gasteiger partial charge in [-0.2, -0.15) is 0 Å². The summed E-state index contributed by atoms with van der Waals surface area (Å²) in [7, 11) is 0. The zero-order chi connectivity index (χ0) is 16.3. The van der Waals surface area contributed by atoms with Gasteiger partial charge in [0, 0.05) is 12.2 Å². The van der Waals surface area contributed by atoms with Crippen LogP contribution >= 0.6 is 0 Å². The number of rotatable bonds is 3. The van der Waals surface area contributed by atoms with Crippen LogP contribution in [0.25, 0.3) is 0 Å². The summed E-state index contributed by atoms with van der Waals surface area (Å²) in [5, 5.41) is 2.53. The van der Waals surface area contributed by atoms with Crippen LogP contribution < -0.4 is 5.32 Å². The second kappa shape index (κ2) is 6.56. The number of hydrogen-bond donors (Lipinski definition) is 1. The Labute approximate surface area is 127 Å². The summed E-state index contributed by atoms with van der Waals surface area (Å²) >= 11 is 0. The minimum Gasteiger partial charge on any atom is -0.366 e.